The summed E-state index contributed by atoms with van der Waals surface area (Å²) in [5.41, 5.74) is -0.179. The molecule has 0 aromatic rings. The van der Waals surface area contributed by atoms with Crippen molar-refractivity contribution in [3.05, 3.63) is 12.7 Å². The van der Waals surface area contributed by atoms with E-state index in [0.717, 1.165) is 5.84 Å². The maximum Gasteiger partial charge on any atom is 0.100 e. The number of hydrogen-bond donors (Lipinski definition) is 1. The fraction of sp³-hybridized carbons (Fsp3) is 0.786. The van der Waals surface area contributed by atoms with Gasteiger partial charge in [0.25, 0.3) is 0 Å². The third kappa shape index (κ3) is 4.38. The van der Waals surface area contributed by atoms with Gasteiger partial charge in [0.15, 0.2) is 0 Å². The van der Waals surface area contributed by atoms with E-state index in [1.807, 2.05) is 6.08 Å². The van der Waals surface area contributed by atoms with Crippen LogP contribution in [0.15, 0.2) is 17.6 Å². The van der Waals surface area contributed by atoms with E-state index in [-0.39, 0.29) is 5.54 Å². The number of amidine groups is 1. The SMILES string of the molecule is C=CC(C)(/N=C(\NC(C)C)C(C)C)C(C)C. The average Bonchev–Trinajstić information content (AvgIpc) is 2.15. The van der Waals surface area contributed by atoms with Crippen LogP contribution in [-0.4, -0.2) is 17.4 Å². The van der Waals surface area contributed by atoms with E-state index in [1.165, 1.54) is 0 Å². The summed E-state index contributed by atoms with van der Waals surface area (Å²) in [6.45, 7) is 19.0. The van der Waals surface area contributed by atoms with Crippen LogP contribution in [-0.2, 0) is 0 Å². The quantitative estimate of drug-likeness (QED) is 0.430. The molecule has 2 heteroatoms. The van der Waals surface area contributed by atoms with E-state index in [2.05, 4.69) is 60.4 Å². The molecule has 0 aromatic heterocycles. The number of aliphatic imine (C=N–C) groups is 1. The third-order valence-electron chi connectivity index (χ3n) is 2.93. The molecule has 0 bridgehead atoms. The first kappa shape index (κ1) is 15.2. The van der Waals surface area contributed by atoms with Gasteiger partial charge in [0, 0.05) is 12.0 Å². The largest absolute Gasteiger partial charge is 0.371 e. The molecule has 94 valence electrons. The Hall–Kier alpha value is -0.790. The minimum atomic E-state index is -0.179. The first-order valence-electron chi connectivity index (χ1n) is 6.22. The van der Waals surface area contributed by atoms with Gasteiger partial charge in [-0.3, -0.25) is 4.99 Å². The predicted molar refractivity (Wildman–Crippen MR) is 74.0 cm³/mol. The Morgan fingerprint density at radius 1 is 1.19 bits per heavy atom. The van der Waals surface area contributed by atoms with Crippen molar-refractivity contribution >= 4 is 5.84 Å². The minimum absolute atomic E-state index is 0.179. The molecular formula is C14H28N2. The monoisotopic (exact) mass is 224 g/mol. The predicted octanol–water partition coefficient (Wildman–Crippen LogP) is 3.64. The van der Waals surface area contributed by atoms with Gasteiger partial charge in [0.2, 0.25) is 0 Å². The Labute approximate surface area is 101 Å². The Morgan fingerprint density at radius 2 is 1.69 bits per heavy atom. The summed E-state index contributed by atoms with van der Waals surface area (Å²) in [6.07, 6.45) is 1.95. The van der Waals surface area contributed by atoms with Gasteiger partial charge in [-0.25, -0.2) is 0 Å². The highest BCUT2D eigenvalue weighted by Crippen LogP contribution is 2.23. The lowest BCUT2D eigenvalue weighted by molar-refractivity contribution is 0.418. The van der Waals surface area contributed by atoms with Crippen LogP contribution in [0.2, 0.25) is 0 Å². The Balaban J connectivity index is 5.09. The fourth-order valence-corrected chi connectivity index (χ4v) is 1.29. The van der Waals surface area contributed by atoms with E-state index in [1.54, 1.807) is 0 Å². The summed E-state index contributed by atoms with van der Waals surface area (Å²) in [5.74, 6) is 1.94. The van der Waals surface area contributed by atoms with E-state index >= 15 is 0 Å². The lowest BCUT2D eigenvalue weighted by Crippen LogP contribution is -2.38. The van der Waals surface area contributed by atoms with Crippen molar-refractivity contribution in [2.24, 2.45) is 16.8 Å². The van der Waals surface area contributed by atoms with Crippen molar-refractivity contribution in [2.75, 3.05) is 0 Å². The van der Waals surface area contributed by atoms with E-state index in [4.69, 9.17) is 4.99 Å². The van der Waals surface area contributed by atoms with Crippen molar-refractivity contribution in [3.8, 4) is 0 Å². The van der Waals surface area contributed by atoms with Crippen molar-refractivity contribution in [1.82, 2.24) is 5.32 Å². The van der Waals surface area contributed by atoms with Crippen LogP contribution < -0.4 is 5.32 Å². The molecule has 1 atom stereocenters. The molecule has 2 nitrogen and oxygen atoms in total. The molecule has 0 rings (SSSR count). The van der Waals surface area contributed by atoms with Crippen molar-refractivity contribution < 1.29 is 0 Å². The van der Waals surface area contributed by atoms with Gasteiger partial charge in [-0.05, 0) is 26.7 Å². The zero-order chi connectivity index (χ0) is 12.9. The number of nitrogens with zero attached hydrogens (tertiary/aromatic N) is 1. The lowest BCUT2D eigenvalue weighted by Gasteiger charge is -2.29. The van der Waals surface area contributed by atoms with Gasteiger partial charge < -0.3 is 5.32 Å². The maximum atomic E-state index is 4.85. The second-order valence-electron chi connectivity index (χ2n) is 5.54. The van der Waals surface area contributed by atoms with Crippen molar-refractivity contribution in [3.63, 3.8) is 0 Å². The highest BCUT2D eigenvalue weighted by molar-refractivity contribution is 5.84. The summed E-state index contributed by atoms with van der Waals surface area (Å²) < 4.78 is 0. The topological polar surface area (TPSA) is 24.4 Å². The van der Waals surface area contributed by atoms with Gasteiger partial charge in [-0.2, -0.15) is 0 Å². The molecule has 1 unspecified atom stereocenters. The number of nitrogens with one attached hydrogen (secondary N) is 1. The second kappa shape index (κ2) is 6.07. The van der Waals surface area contributed by atoms with Crippen LogP contribution >= 0.6 is 0 Å². The average molecular weight is 224 g/mol. The zero-order valence-corrected chi connectivity index (χ0v) is 12.0. The molecular weight excluding hydrogens is 196 g/mol. The Morgan fingerprint density at radius 3 is 1.94 bits per heavy atom. The van der Waals surface area contributed by atoms with Gasteiger partial charge in [-0.1, -0.05) is 33.8 Å². The summed E-state index contributed by atoms with van der Waals surface area (Å²) in [4.78, 5) is 4.85. The minimum Gasteiger partial charge on any atom is -0.371 e. The Kier molecular flexibility index (Phi) is 5.77. The van der Waals surface area contributed by atoms with Crippen LogP contribution in [0, 0.1) is 11.8 Å². The summed E-state index contributed by atoms with van der Waals surface area (Å²) in [6, 6.07) is 0.419. The molecule has 0 aliphatic rings. The molecule has 0 aliphatic heterocycles. The Bertz CT molecular complexity index is 251. The normalized spacial score (nSPS) is 16.8. The van der Waals surface area contributed by atoms with Crippen molar-refractivity contribution in [2.45, 2.75) is 60.0 Å². The standard InChI is InChI=1S/C14H28N2/c1-9-14(8,11(4)5)16-13(10(2)3)15-12(6)7/h9-12H,1H2,2-8H3,(H,15,16). The van der Waals surface area contributed by atoms with E-state index in [9.17, 15) is 0 Å². The third-order valence-corrected chi connectivity index (χ3v) is 2.93. The van der Waals surface area contributed by atoms with Gasteiger partial charge in [-0.15, -0.1) is 6.58 Å². The molecule has 0 spiro atoms. The van der Waals surface area contributed by atoms with E-state index in [0.29, 0.717) is 17.9 Å². The van der Waals surface area contributed by atoms with Crippen LogP contribution in [0.1, 0.15) is 48.5 Å². The molecule has 0 saturated carbocycles. The lowest BCUT2D eigenvalue weighted by atomic mass is 9.89. The van der Waals surface area contributed by atoms with Gasteiger partial charge in [0.05, 0.1) is 5.54 Å². The molecule has 16 heavy (non-hydrogen) atoms. The van der Waals surface area contributed by atoms with Crippen LogP contribution in [0.4, 0.5) is 0 Å². The summed E-state index contributed by atoms with van der Waals surface area (Å²) in [5, 5.41) is 3.43. The zero-order valence-electron chi connectivity index (χ0n) is 12.0. The molecule has 0 radical (unpaired) electrons. The summed E-state index contributed by atoms with van der Waals surface area (Å²) >= 11 is 0. The maximum absolute atomic E-state index is 4.85. The van der Waals surface area contributed by atoms with Crippen molar-refractivity contribution in [1.29, 1.82) is 0 Å². The van der Waals surface area contributed by atoms with Gasteiger partial charge >= 0.3 is 0 Å². The molecule has 0 aromatic carbocycles. The molecule has 0 aliphatic carbocycles. The van der Waals surface area contributed by atoms with Crippen LogP contribution in [0.25, 0.3) is 0 Å². The second-order valence-corrected chi connectivity index (χ2v) is 5.54. The highest BCUT2D eigenvalue weighted by atomic mass is 15.0. The van der Waals surface area contributed by atoms with Crippen LogP contribution in [0.3, 0.4) is 0 Å². The fourth-order valence-electron chi connectivity index (χ4n) is 1.29. The molecule has 0 heterocycles. The first-order chi connectivity index (χ1) is 7.23. The first-order valence-corrected chi connectivity index (χ1v) is 6.22. The van der Waals surface area contributed by atoms with Crippen LogP contribution in [0.5, 0.6) is 0 Å². The molecule has 1 N–H and O–H groups in total. The molecule has 0 fully saturated rings. The smallest absolute Gasteiger partial charge is 0.100 e. The van der Waals surface area contributed by atoms with Gasteiger partial charge in [0.1, 0.15) is 5.84 Å². The summed E-state index contributed by atoms with van der Waals surface area (Å²) in [7, 11) is 0. The molecule has 0 saturated heterocycles. The van der Waals surface area contributed by atoms with E-state index < -0.39 is 0 Å². The highest BCUT2D eigenvalue weighted by Gasteiger charge is 2.25. The molecule has 0 amide bonds. The number of rotatable bonds is 5. The number of hydrogen-bond acceptors (Lipinski definition) is 1.